The standard InChI is InChI=1S/C26H23BrN2O5/c1-4-33-23-9-5-16(13-24(23)32-3)6-12-25(30)28-18-8-11-22-20(15-18)29-26(34-22)17-7-10-21(31-2)19(27)14-17/h5-15H,4H2,1-3H3,(H,28,30)/b12-6+. The van der Waals surface area contributed by atoms with E-state index in [0.717, 1.165) is 21.3 Å². The summed E-state index contributed by atoms with van der Waals surface area (Å²) >= 11 is 3.48. The Labute approximate surface area is 205 Å². The molecule has 3 aromatic carbocycles. The van der Waals surface area contributed by atoms with Crippen molar-refractivity contribution in [1.29, 1.82) is 0 Å². The van der Waals surface area contributed by atoms with Crippen molar-refractivity contribution in [3.63, 3.8) is 0 Å². The third-order valence-corrected chi connectivity index (χ3v) is 5.59. The number of nitrogens with zero attached hydrogens (tertiary/aromatic N) is 1. The Kier molecular flexibility index (Phi) is 7.18. The Hall–Kier alpha value is -3.78. The number of fused-ring (bicyclic) bond motifs is 1. The van der Waals surface area contributed by atoms with Crippen molar-refractivity contribution in [2.24, 2.45) is 0 Å². The molecule has 7 nitrogen and oxygen atoms in total. The van der Waals surface area contributed by atoms with Crippen molar-refractivity contribution in [2.75, 3.05) is 26.1 Å². The number of carbonyl (C=O) groups excluding carboxylic acids is 1. The predicted octanol–water partition coefficient (Wildman–Crippen LogP) is 6.33. The van der Waals surface area contributed by atoms with Crippen LogP contribution in [0.2, 0.25) is 0 Å². The summed E-state index contributed by atoms with van der Waals surface area (Å²) in [6.45, 7) is 2.45. The maximum absolute atomic E-state index is 12.5. The number of halogens is 1. The van der Waals surface area contributed by atoms with Crippen molar-refractivity contribution < 1.29 is 23.4 Å². The second-order valence-electron chi connectivity index (χ2n) is 7.22. The average molecular weight is 523 g/mol. The molecule has 0 spiro atoms. The average Bonchev–Trinajstić information content (AvgIpc) is 3.27. The number of nitrogens with one attached hydrogen (secondary N) is 1. The van der Waals surface area contributed by atoms with Crippen LogP contribution in [0.25, 0.3) is 28.6 Å². The summed E-state index contributed by atoms with van der Waals surface area (Å²) in [6, 6.07) is 16.4. The zero-order chi connectivity index (χ0) is 24.1. The fraction of sp³-hybridized carbons (Fsp3) is 0.154. The molecule has 0 saturated carbocycles. The maximum Gasteiger partial charge on any atom is 0.248 e. The predicted molar refractivity (Wildman–Crippen MR) is 136 cm³/mol. The molecule has 174 valence electrons. The van der Waals surface area contributed by atoms with Gasteiger partial charge < -0.3 is 23.9 Å². The Morgan fingerprint density at radius 1 is 1.03 bits per heavy atom. The molecule has 0 bridgehead atoms. The zero-order valence-corrected chi connectivity index (χ0v) is 20.5. The van der Waals surface area contributed by atoms with Crippen LogP contribution >= 0.6 is 15.9 Å². The number of carbonyl (C=O) groups is 1. The van der Waals surface area contributed by atoms with E-state index in [1.807, 2.05) is 43.3 Å². The minimum Gasteiger partial charge on any atom is -0.496 e. The van der Waals surface area contributed by atoms with Gasteiger partial charge in [-0.2, -0.15) is 0 Å². The Morgan fingerprint density at radius 2 is 1.82 bits per heavy atom. The molecule has 1 amide bonds. The van der Waals surface area contributed by atoms with Crippen molar-refractivity contribution in [3.05, 3.63) is 70.7 Å². The second kappa shape index (κ2) is 10.4. The van der Waals surface area contributed by atoms with Gasteiger partial charge in [-0.3, -0.25) is 4.79 Å². The van der Waals surface area contributed by atoms with E-state index in [-0.39, 0.29) is 5.91 Å². The number of methoxy groups -OCH3 is 2. The van der Waals surface area contributed by atoms with Crippen LogP contribution in [0.15, 0.2) is 69.6 Å². The number of hydrogen-bond acceptors (Lipinski definition) is 6. The van der Waals surface area contributed by atoms with Gasteiger partial charge in [0.1, 0.15) is 11.3 Å². The molecule has 0 aliphatic heterocycles. The van der Waals surface area contributed by atoms with Gasteiger partial charge in [0.2, 0.25) is 11.8 Å². The van der Waals surface area contributed by atoms with Crippen LogP contribution in [0.4, 0.5) is 5.69 Å². The summed E-state index contributed by atoms with van der Waals surface area (Å²) in [5.74, 6) is 2.21. The van der Waals surface area contributed by atoms with Crippen LogP contribution in [0, 0.1) is 0 Å². The molecular formula is C26H23BrN2O5. The number of oxazole rings is 1. The molecular weight excluding hydrogens is 500 g/mol. The second-order valence-corrected chi connectivity index (χ2v) is 8.07. The summed E-state index contributed by atoms with van der Waals surface area (Å²) in [4.78, 5) is 17.0. The van der Waals surface area contributed by atoms with E-state index in [2.05, 4.69) is 26.2 Å². The smallest absolute Gasteiger partial charge is 0.248 e. The third kappa shape index (κ3) is 5.23. The van der Waals surface area contributed by atoms with Crippen molar-refractivity contribution in [1.82, 2.24) is 4.98 Å². The van der Waals surface area contributed by atoms with Crippen LogP contribution < -0.4 is 19.5 Å². The molecule has 0 aliphatic rings. The largest absolute Gasteiger partial charge is 0.496 e. The van der Waals surface area contributed by atoms with E-state index in [0.29, 0.717) is 40.8 Å². The first-order chi connectivity index (χ1) is 16.5. The van der Waals surface area contributed by atoms with Crippen LogP contribution in [0.3, 0.4) is 0 Å². The van der Waals surface area contributed by atoms with Gasteiger partial charge in [-0.25, -0.2) is 4.98 Å². The molecule has 34 heavy (non-hydrogen) atoms. The highest BCUT2D eigenvalue weighted by Crippen LogP contribution is 2.32. The van der Waals surface area contributed by atoms with Gasteiger partial charge in [-0.1, -0.05) is 6.07 Å². The van der Waals surface area contributed by atoms with E-state index in [1.165, 1.54) is 6.08 Å². The van der Waals surface area contributed by atoms with Gasteiger partial charge in [0.15, 0.2) is 17.1 Å². The van der Waals surface area contributed by atoms with E-state index in [4.69, 9.17) is 18.6 Å². The lowest BCUT2D eigenvalue weighted by atomic mass is 10.2. The fourth-order valence-corrected chi connectivity index (χ4v) is 3.89. The van der Waals surface area contributed by atoms with Gasteiger partial charge in [0.25, 0.3) is 0 Å². The van der Waals surface area contributed by atoms with E-state index in [1.54, 1.807) is 38.5 Å². The van der Waals surface area contributed by atoms with Gasteiger partial charge in [-0.15, -0.1) is 0 Å². The molecule has 0 radical (unpaired) electrons. The first-order valence-corrected chi connectivity index (χ1v) is 11.3. The highest BCUT2D eigenvalue weighted by molar-refractivity contribution is 9.10. The normalized spacial score (nSPS) is 11.1. The van der Waals surface area contributed by atoms with Crippen LogP contribution in [0.5, 0.6) is 17.2 Å². The first-order valence-electron chi connectivity index (χ1n) is 10.5. The fourth-order valence-electron chi connectivity index (χ4n) is 3.35. The molecule has 0 atom stereocenters. The molecule has 4 aromatic rings. The van der Waals surface area contributed by atoms with Crippen LogP contribution in [0.1, 0.15) is 12.5 Å². The summed E-state index contributed by atoms with van der Waals surface area (Å²) in [5.41, 5.74) is 3.50. The monoisotopic (exact) mass is 522 g/mol. The number of anilines is 1. The Balaban J connectivity index is 1.48. The molecule has 1 heterocycles. The highest BCUT2D eigenvalue weighted by Gasteiger charge is 2.12. The summed E-state index contributed by atoms with van der Waals surface area (Å²) < 4.78 is 22.8. The van der Waals surface area contributed by atoms with E-state index < -0.39 is 0 Å². The zero-order valence-electron chi connectivity index (χ0n) is 18.9. The molecule has 0 unspecified atom stereocenters. The number of benzene rings is 3. The van der Waals surface area contributed by atoms with Gasteiger partial charge in [0.05, 0.1) is 25.3 Å². The quantitative estimate of drug-likeness (QED) is 0.272. The minimum absolute atomic E-state index is 0.269. The number of ether oxygens (including phenoxy) is 3. The van der Waals surface area contributed by atoms with Crippen LogP contribution in [-0.2, 0) is 4.79 Å². The first kappa shape index (κ1) is 23.4. The van der Waals surface area contributed by atoms with Crippen molar-refractivity contribution in [2.45, 2.75) is 6.92 Å². The minimum atomic E-state index is -0.269. The van der Waals surface area contributed by atoms with Crippen molar-refractivity contribution in [3.8, 4) is 28.7 Å². The molecule has 8 heteroatoms. The molecule has 0 saturated heterocycles. The Bertz CT molecular complexity index is 1360. The van der Waals surface area contributed by atoms with Gasteiger partial charge >= 0.3 is 0 Å². The lowest BCUT2D eigenvalue weighted by molar-refractivity contribution is -0.111. The number of hydrogen-bond donors (Lipinski definition) is 1. The molecule has 4 rings (SSSR count). The third-order valence-electron chi connectivity index (χ3n) is 4.97. The molecule has 1 aromatic heterocycles. The van der Waals surface area contributed by atoms with Crippen LogP contribution in [-0.4, -0.2) is 31.7 Å². The van der Waals surface area contributed by atoms with E-state index >= 15 is 0 Å². The highest BCUT2D eigenvalue weighted by atomic mass is 79.9. The molecule has 1 N–H and O–H groups in total. The summed E-state index contributed by atoms with van der Waals surface area (Å²) in [6.07, 6.45) is 3.17. The van der Waals surface area contributed by atoms with Gasteiger partial charge in [0, 0.05) is 17.3 Å². The SMILES string of the molecule is CCOc1ccc(/C=C/C(=O)Nc2ccc3oc(-c4ccc(OC)c(Br)c4)nc3c2)cc1OC. The topological polar surface area (TPSA) is 82.8 Å². The summed E-state index contributed by atoms with van der Waals surface area (Å²) in [5, 5.41) is 2.85. The maximum atomic E-state index is 12.5. The molecule has 0 fully saturated rings. The Morgan fingerprint density at radius 3 is 2.56 bits per heavy atom. The lowest BCUT2D eigenvalue weighted by Crippen LogP contribution is -2.07. The van der Waals surface area contributed by atoms with E-state index in [9.17, 15) is 4.79 Å². The number of aromatic nitrogens is 1. The van der Waals surface area contributed by atoms with Crippen molar-refractivity contribution >= 4 is 44.7 Å². The number of amides is 1. The summed E-state index contributed by atoms with van der Waals surface area (Å²) in [7, 11) is 3.19. The lowest BCUT2D eigenvalue weighted by Gasteiger charge is -2.09. The van der Waals surface area contributed by atoms with Gasteiger partial charge in [-0.05, 0) is 83.0 Å². The molecule has 0 aliphatic carbocycles. The number of rotatable bonds is 8.